The minimum Gasteiger partial charge on any atom is -0.375 e. The van der Waals surface area contributed by atoms with Crippen LogP contribution in [0.5, 0.6) is 0 Å². The second-order valence-corrected chi connectivity index (χ2v) is 8.02. The van der Waals surface area contributed by atoms with Gasteiger partial charge in [-0.3, -0.25) is 0 Å². The molecule has 2 saturated heterocycles. The first-order chi connectivity index (χ1) is 11.6. The summed E-state index contributed by atoms with van der Waals surface area (Å²) < 4.78 is 6.21. The molecule has 0 aromatic heterocycles. The fourth-order valence-electron chi connectivity index (χ4n) is 4.33. The lowest BCUT2D eigenvalue weighted by Gasteiger charge is -2.47. The number of piperidine rings is 1. The summed E-state index contributed by atoms with van der Waals surface area (Å²) in [5, 5.41) is 3.15. The summed E-state index contributed by atoms with van der Waals surface area (Å²) in [5.74, 6) is 0.837. The molecule has 1 N–H and O–H groups in total. The van der Waals surface area contributed by atoms with E-state index in [1.54, 1.807) is 19.0 Å². The molecule has 5 nitrogen and oxygen atoms in total. The van der Waals surface area contributed by atoms with E-state index in [-0.39, 0.29) is 17.7 Å². The highest BCUT2D eigenvalue weighted by atomic mass is 16.5. The summed E-state index contributed by atoms with van der Waals surface area (Å²) in [7, 11) is 3.59. The van der Waals surface area contributed by atoms with Gasteiger partial charge in [0.25, 0.3) is 0 Å². The van der Waals surface area contributed by atoms with Gasteiger partial charge in [0.1, 0.15) is 0 Å². The molecule has 2 heterocycles. The van der Waals surface area contributed by atoms with Crippen LogP contribution in [0.2, 0.25) is 0 Å². The van der Waals surface area contributed by atoms with Crippen molar-refractivity contribution in [3.63, 3.8) is 0 Å². The monoisotopic (exact) mass is 335 g/mol. The van der Waals surface area contributed by atoms with E-state index < -0.39 is 0 Å². The summed E-state index contributed by atoms with van der Waals surface area (Å²) in [4.78, 5) is 16.2. The summed E-state index contributed by atoms with van der Waals surface area (Å²) in [5.41, 5.74) is -0.00846. The van der Waals surface area contributed by atoms with Crippen molar-refractivity contribution in [2.75, 3.05) is 40.3 Å². The predicted octanol–water partition coefficient (Wildman–Crippen LogP) is 2.63. The zero-order valence-corrected chi connectivity index (χ0v) is 15.3. The maximum atomic E-state index is 11.9. The normalized spacial score (nSPS) is 30.2. The zero-order valence-electron chi connectivity index (χ0n) is 15.3. The lowest BCUT2D eigenvalue weighted by molar-refractivity contribution is -0.119. The van der Waals surface area contributed by atoms with E-state index in [0.717, 1.165) is 51.3 Å². The van der Waals surface area contributed by atoms with Crippen molar-refractivity contribution < 1.29 is 9.53 Å². The van der Waals surface area contributed by atoms with Crippen LogP contribution in [0.1, 0.15) is 44.9 Å². The molecule has 1 spiro atoms. The number of rotatable bonds is 3. The first-order valence-corrected chi connectivity index (χ1v) is 9.55. The van der Waals surface area contributed by atoms with E-state index in [0.29, 0.717) is 0 Å². The molecule has 0 aromatic carbocycles. The Kier molecular flexibility index (Phi) is 5.82. The first-order valence-electron chi connectivity index (χ1n) is 9.55. The van der Waals surface area contributed by atoms with Crippen LogP contribution in [0.15, 0.2) is 12.2 Å². The van der Waals surface area contributed by atoms with E-state index in [4.69, 9.17) is 4.74 Å². The van der Waals surface area contributed by atoms with Gasteiger partial charge in [0, 0.05) is 46.4 Å². The number of nitrogens with zero attached hydrogens (tertiary/aromatic N) is 2. The number of nitrogens with one attached hydrogen (secondary N) is 1. The van der Waals surface area contributed by atoms with Crippen molar-refractivity contribution in [2.45, 2.75) is 56.6 Å². The average Bonchev–Trinajstić information content (AvgIpc) is 2.58. The lowest BCUT2D eigenvalue weighted by atomic mass is 9.82. The molecule has 2 fully saturated rings. The third kappa shape index (κ3) is 4.51. The van der Waals surface area contributed by atoms with Crippen LogP contribution in [0.4, 0.5) is 4.79 Å². The number of hydrogen-bond donors (Lipinski definition) is 1. The second kappa shape index (κ2) is 7.87. The van der Waals surface area contributed by atoms with Gasteiger partial charge in [0.2, 0.25) is 0 Å². The molecule has 1 aliphatic carbocycles. The fourth-order valence-corrected chi connectivity index (χ4v) is 4.33. The molecular weight excluding hydrogens is 302 g/mol. The maximum absolute atomic E-state index is 11.9. The third-order valence-electron chi connectivity index (χ3n) is 5.89. The lowest BCUT2D eigenvalue weighted by Crippen LogP contribution is -2.55. The van der Waals surface area contributed by atoms with Gasteiger partial charge in [0.15, 0.2) is 0 Å². The number of carbonyl (C=O) groups excluding carboxylic acids is 1. The highest BCUT2D eigenvalue weighted by Gasteiger charge is 2.40. The average molecular weight is 335 g/mol. The van der Waals surface area contributed by atoms with Crippen molar-refractivity contribution in [2.24, 2.45) is 5.92 Å². The molecule has 3 rings (SSSR count). The molecule has 0 bridgehead atoms. The molecule has 0 radical (unpaired) electrons. The smallest absolute Gasteiger partial charge is 0.317 e. The molecular formula is C19H33N3O2. The van der Waals surface area contributed by atoms with Crippen molar-refractivity contribution in [1.29, 1.82) is 0 Å². The molecule has 0 aromatic rings. The van der Waals surface area contributed by atoms with E-state index in [1.807, 2.05) is 0 Å². The third-order valence-corrected chi connectivity index (χ3v) is 5.89. The Hall–Kier alpha value is -1.07. The Labute approximate surface area is 146 Å². The summed E-state index contributed by atoms with van der Waals surface area (Å²) in [6.45, 7) is 4.27. The second-order valence-electron chi connectivity index (χ2n) is 8.02. The molecule has 5 heteroatoms. The highest BCUT2D eigenvalue weighted by Crippen LogP contribution is 2.35. The Morgan fingerprint density at radius 2 is 2.08 bits per heavy atom. The van der Waals surface area contributed by atoms with E-state index in [9.17, 15) is 4.79 Å². The quantitative estimate of drug-likeness (QED) is 0.807. The molecule has 24 heavy (non-hydrogen) atoms. The Morgan fingerprint density at radius 1 is 1.29 bits per heavy atom. The molecule has 0 saturated carbocycles. The fraction of sp³-hybridized carbons (Fsp3) is 0.842. The van der Waals surface area contributed by atoms with Crippen LogP contribution in [0, 0.1) is 5.92 Å². The SMILES string of the molecule is CN(C)C(=O)N[C@@H]1CCOC2(CCN(C[C@H]3CC=CCC3)CC2)C1. The molecule has 2 aliphatic heterocycles. The van der Waals surface area contributed by atoms with E-state index >= 15 is 0 Å². The summed E-state index contributed by atoms with van der Waals surface area (Å²) in [6, 6.07) is 0.267. The number of hydrogen-bond acceptors (Lipinski definition) is 3. The van der Waals surface area contributed by atoms with Crippen molar-refractivity contribution in [1.82, 2.24) is 15.1 Å². The molecule has 0 unspecified atom stereocenters. The van der Waals surface area contributed by atoms with Crippen LogP contribution in [0.25, 0.3) is 0 Å². The van der Waals surface area contributed by atoms with Crippen molar-refractivity contribution in [3.8, 4) is 0 Å². The standard InChI is InChI=1S/C19H33N3O2/c1-21(2)18(23)20-17-8-13-24-19(14-17)9-11-22(12-10-19)15-16-6-4-3-5-7-16/h3-4,16-17H,5-15H2,1-2H3,(H,20,23)/t16-,17+/m0/s1. The van der Waals surface area contributed by atoms with Crippen molar-refractivity contribution >= 4 is 6.03 Å². The predicted molar refractivity (Wildman–Crippen MR) is 96.1 cm³/mol. The number of allylic oxidation sites excluding steroid dienone is 2. The molecule has 2 amide bonds. The maximum Gasteiger partial charge on any atom is 0.317 e. The van der Waals surface area contributed by atoms with Crippen LogP contribution >= 0.6 is 0 Å². The zero-order chi connectivity index (χ0) is 17.0. The van der Waals surface area contributed by atoms with E-state index in [1.165, 1.54) is 25.8 Å². The van der Waals surface area contributed by atoms with Gasteiger partial charge in [-0.1, -0.05) is 12.2 Å². The van der Waals surface area contributed by atoms with E-state index in [2.05, 4.69) is 22.4 Å². The van der Waals surface area contributed by atoms with Gasteiger partial charge >= 0.3 is 6.03 Å². The minimum absolute atomic E-state index is 0.00846. The Morgan fingerprint density at radius 3 is 2.75 bits per heavy atom. The van der Waals surface area contributed by atoms with Gasteiger partial charge in [-0.25, -0.2) is 4.79 Å². The Bertz CT molecular complexity index is 456. The van der Waals surface area contributed by atoms with Gasteiger partial charge < -0.3 is 19.9 Å². The topological polar surface area (TPSA) is 44.8 Å². The molecule has 3 aliphatic rings. The van der Waals surface area contributed by atoms with Crippen molar-refractivity contribution in [3.05, 3.63) is 12.2 Å². The van der Waals surface area contributed by atoms with Crippen LogP contribution in [-0.4, -0.2) is 67.8 Å². The Balaban J connectivity index is 1.47. The number of amides is 2. The molecule has 136 valence electrons. The number of urea groups is 1. The summed E-state index contributed by atoms with van der Waals surface area (Å²) >= 11 is 0. The van der Waals surface area contributed by atoms with Gasteiger partial charge in [-0.15, -0.1) is 0 Å². The minimum atomic E-state index is -0.00846. The summed E-state index contributed by atoms with van der Waals surface area (Å²) in [6.07, 6.45) is 12.6. The van der Waals surface area contributed by atoms with Crippen LogP contribution in [-0.2, 0) is 4.74 Å². The number of ether oxygens (including phenoxy) is 1. The van der Waals surface area contributed by atoms with Crippen LogP contribution in [0.3, 0.4) is 0 Å². The van der Waals surface area contributed by atoms with Gasteiger partial charge in [-0.2, -0.15) is 0 Å². The molecule has 2 atom stereocenters. The largest absolute Gasteiger partial charge is 0.375 e. The van der Waals surface area contributed by atoms with Crippen LogP contribution < -0.4 is 5.32 Å². The number of carbonyl (C=O) groups is 1. The first kappa shape index (κ1) is 17.7. The van der Waals surface area contributed by atoms with Gasteiger partial charge in [-0.05, 0) is 50.9 Å². The van der Waals surface area contributed by atoms with Gasteiger partial charge in [0.05, 0.1) is 5.60 Å². The number of likely N-dealkylation sites (tertiary alicyclic amines) is 1. The highest BCUT2D eigenvalue weighted by molar-refractivity contribution is 5.73.